The lowest BCUT2D eigenvalue weighted by atomic mass is 10.1. The Kier molecular flexibility index (Phi) is 5.82. The van der Waals surface area contributed by atoms with Crippen LogP contribution >= 0.6 is 0 Å². The highest BCUT2D eigenvalue weighted by molar-refractivity contribution is 7.89. The molecule has 0 aliphatic carbocycles. The van der Waals surface area contributed by atoms with Crippen LogP contribution in [0.15, 0.2) is 17.0 Å². The molecule has 8 heteroatoms. The van der Waals surface area contributed by atoms with Gasteiger partial charge in [0.15, 0.2) is 0 Å². The smallest absolute Gasteiger partial charge is 0.254 e. The van der Waals surface area contributed by atoms with Gasteiger partial charge in [-0.25, -0.2) is 17.9 Å². The number of likely N-dealkylation sites (N-methyl/N-ethyl adjacent to an activating group) is 1. The number of rotatable bonds is 6. The van der Waals surface area contributed by atoms with E-state index in [9.17, 15) is 17.6 Å². The number of carbonyl (C=O) groups excluding carboxylic acids is 1. The maximum absolute atomic E-state index is 13.6. The van der Waals surface area contributed by atoms with Crippen molar-refractivity contribution in [1.82, 2.24) is 4.90 Å². The maximum Gasteiger partial charge on any atom is 0.254 e. The number of primary sulfonamides is 1. The Bertz CT molecular complexity index is 631. The normalized spacial score (nSPS) is 11.5. The summed E-state index contributed by atoms with van der Waals surface area (Å²) in [4.78, 5) is 13.5. The fraction of sp³-hybridized carbons (Fsp3) is 0.462. The number of nitrogens with two attached hydrogens (primary N) is 1. The van der Waals surface area contributed by atoms with Gasteiger partial charge in [-0.1, -0.05) is 0 Å². The average Bonchev–Trinajstić information content (AvgIpc) is 2.40. The fourth-order valence-electron chi connectivity index (χ4n) is 1.95. The standard InChI is InChI=1S/C13H19FN2O4S/c1-4-16(5-6-20-3)13(17)11-7-10(14)8-12(9(11)2)21(15,18)19/h7-8H,4-6H2,1-3H3,(H2,15,18,19). The van der Waals surface area contributed by atoms with Crippen molar-refractivity contribution in [3.05, 3.63) is 29.1 Å². The summed E-state index contributed by atoms with van der Waals surface area (Å²) < 4.78 is 41.4. The van der Waals surface area contributed by atoms with E-state index in [1.807, 2.05) is 0 Å². The number of hydrogen-bond donors (Lipinski definition) is 1. The third-order valence-corrected chi connectivity index (χ3v) is 4.13. The van der Waals surface area contributed by atoms with E-state index in [0.29, 0.717) is 19.7 Å². The highest BCUT2D eigenvalue weighted by Gasteiger charge is 2.22. The van der Waals surface area contributed by atoms with Crippen LogP contribution in [-0.2, 0) is 14.8 Å². The molecule has 1 rings (SSSR count). The molecule has 0 atom stereocenters. The molecule has 0 radical (unpaired) electrons. The number of methoxy groups -OCH3 is 1. The lowest BCUT2D eigenvalue weighted by Crippen LogP contribution is -2.34. The Morgan fingerprint density at radius 3 is 2.52 bits per heavy atom. The van der Waals surface area contributed by atoms with Crippen LogP contribution < -0.4 is 5.14 Å². The van der Waals surface area contributed by atoms with Gasteiger partial charge in [-0.2, -0.15) is 0 Å². The van der Waals surface area contributed by atoms with Crippen LogP contribution in [0.2, 0.25) is 0 Å². The van der Waals surface area contributed by atoms with Crippen LogP contribution in [0.5, 0.6) is 0 Å². The lowest BCUT2D eigenvalue weighted by molar-refractivity contribution is 0.0705. The molecule has 1 aromatic carbocycles. The number of amides is 1. The van der Waals surface area contributed by atoms with Crippen molar-refractivity contribution in [3.8, 4) is 0 Å². The Morgan fingerprint density at radius 2 is 2.05 bits per heavy atom. The predicted octanol–water partition coefficient (Wildman–Crippen LogP) is 0.890. The Hall–Kier alpha value is -1.51. The molecule has 1 amide bonds. The molecule has 1 aromatic rings. The molecule has 21 heavy (non-hydrogen) atoms. The average molecular weight is 318 g/mol. The minimum atomic E-state index is -4.10. The number of halogens is 1. The molecular formula is C13H19FN2O4S. The molecular weight excluding hydrogens is 299 g/mol. The number of carbonyl (C=O) groups is 1. The fourth-order valence-corrected chi connectivity index (χ4v) is 2.76. The van der Waals surface area contributed by atoms with E-state index in [1.54, 1.807) is 6.92 Å². The molecule has 0 spiro atoms. The molecule has 0 heterocycles. The zero-order chi connectivity index (χ0) is 16.2. The first-order chi connectivity index (χ1) is 9.72. The molecule has 2 N–H and O–H groups in total. The molecule has 0 aliphatic heterocycles. The van der Waals surface area contributed by atoms with Crippen molar-refractivity contribution in [1.29, 1.82) is 0 Å². The maximum atomic E-state index is 13.6. The second kappa shape index (κ2) is 6.97. The Balaban J connectivity index is 3.30. The first-order valence-electron chi connectivity index (χ1n) is 6.33. The van der Waals surface area contributed by atoms with Gasteiger partial charge >= 0.3 is 0 Å². The second-order valence-corrected chi connectivity index (χ2v) is 6.03. The minimum absolute atomic E-state index is 0.0167. The molecule has 0 saturated carbocycles. The molecule has 0 bridgehead atoms. The Labute approximate surface area is 123 Å². The van der Waals surface area contributed by atoms with Crippen LogP contribution in [0.1, 0.15) is 22.8 Å². The van der Waals surface area contributed by atoms with Gasteiger partial charge in [0.1, 0.15) is 5.82 Å². The lowest BCUT2D eigenvalue weighted by Gasteiger charge is -2.22. The van der Waals surface area contributed by atoms with Crippen molar-refractivity contribution in [2.24, 2.45) is 5.14 Å². The monoisotopic (exact) mass is 318 g/mol. The number of nitrogens with zero attached hydrogens (tertiary/aromatic N) is 1. The molecule has 0 fully saturated rings. The van der Waals surface area contributed by atoms with Crippen molar-refractivity contribution in [2.75, 3.05) is 26.8 Å². The summed E-state index contributed by atoms with van der Waals surface area (Å²) in [6, 6.07) is 1.83. The molecule has 0 unspecified atom stereocenters. The summed E-state index contributed by atoms with van der Waals surface area (Å²) in [5.41, 5.74) is 0.122. The van der Waals surface area contributed by atoms with Gasteiger partial charge in [-0.05, 0) is 31.5 Å². The highest BCUT2D eigenvalue weighted by atomic mass is 32.2. The summed E-state index contributed by atoms with van der Waals surface area (Å²) in [6.45, 7) is 4.24. The molecule has 0 saturated heterocycles. The van der Waals surface area contributed by atoms with Crippen LogP contribution in [0, 0.1) is 12.7 Å². The molecule has 118 valence electrons. The minimum Gasteiger partial charge on any atom is -0.383 e. The van der Waals surface area contributed by atoms with Crippen LogP contribution in [0.25, 0.3) is 0 Å². The first kappa shape index (κ1) is 17.5. The summed E-state index contributed by atoms with van der Waals surface area (Å²) in [7, 11) is -2.59. The van der Waals surface area contributed by atoms with Gasteiger partial charge in [0, 0.05) is 25.8 Å². The molecule has 0 aliphatic rings. The largest absolute Gasteiger partial charge is 0.383 e. The summed E-state index contributed by atoms with van der Waals surface area (Å²) >= 11 is 0. The van der Waals surface area contributed by atoms with E-state index in [4.69, 9.17) is 9.88 Å². The SMILES string of the molecule is CCN(CCOC)C(=O)c1cc(F)cc(S(N)(=O)=O)c1C. The van der Waals surface area contributed by atoms with Gasteiger partial charge in [-0.3, -0.25) is 4.79 Å². The zero-order valence-corrected chi connectivity index (χ0v) is 13.0. The Morgan fingerprint density at radius 1 is 1.43 bits per heavy atom. The third kappa shape index (κ3) is 4.23. The van der Waals surface area contributed by atoms with Crippen LogP contribution in [0.3, 0.4) is 0 Å². The van der Waals surface area contributed by atoms with E-state index >= 15 is 0 Å². The van der Waals surface area contributed by atoms with Gasteiger partial charge < -0.3 is 9.64 Å². The highest BCUT2D eigenvalue weighted by Crippen LogP contribution is 2.21. The van der Waals surface area contributed by atoms with Crippen molar-refractivity contribution in [2.45, 2.75) is 18.7 Å². The second-order valence-electron chi connectivity index (χ2n) is 4.50. The van der Waals surface area contributed by atoms with Gasteiger partial charge in [-0.15, -0.1) is 0 Å². The van der Waals surface area contributed by atoms with Gasteiger partial charge in [0.05, 0.1) is 11.5 Å². The van der Waals surface area contributed by atoms with Gasteiger partial charge in [0.25, 0.3) is 5.91 Å². The number of ether oxygens (including phenoxy) is 1. The van der Waals surface area contributed by atoms with E-state index in [-0.39, 0.29) is 16.0 Å². The first-order valence-corrected chi connectivity index (χ1v) is 7.88. The van der Waals surface area contributed by atoms with Crippen molar-refractivity contribution < 1.29 is 22.3 Å². The molecule has 6 nitrogen and oxygen atoms in total. The third-order valence-electron chi connectivity index (χ3n) is 3.10. The number of hydrogen-bond acceptors (Lipinski definition) is 4. The predicted molar refractivity (Wildman–Crippen MR) is 76.0 cm³/mol. The van der Waals surface area contributed by atoms with Crippen molar-refractivity contribution in [3.63, 3.8) is 0 Å². The number of sulfonamides is 1. The zero-order valence-electron chi connectivity index (χ0n) is 12.2. The van der Waals surface area contributed by atoms with Crippen molar-refractivity contribution >= 4 is 15.9 Å². The van der Waals surface area contributed by atoms with E-state index in [0.717, 1.165) is 12.1 Å². The summed E-state index contributed by atoms with van der Waals surface area (Å²) in [5.74, 6) is -1.28. The van der Waals surface area contributed by atoms with E-state index < -0.39 is 21.7 Å². The quantitative estimate of drug-likeness (QED) is 0.843. The summed E-state index contributed by atoms with van der Waals surface area (Å²) in [5, 5.41) is 5.04. The molecule has 0 aromatic heterocycles. The topological polar surface area (TPSA) is 89.7 Å². The van der Waals surface area contributed by atoms with Crippen LogP contribution in [-0.4, -0.2) is 46.0 Å². The summed E-state index contributed by atoms with van der Waals surface area (Å²) in [6.07, 6.45) is 0. The number of benzene rings is 1. The van der Waals surface area contributed by atoms with Gasteiger partial charge in [0.2, 0.25) is 10.0 Å². The van der Waals surface area contributed by atoms with Crippen LogP contribution in [0.4, 0.5) is 4.39 Å². The van der Waals surface area contributed by atoms with E-state index in [1.165, 1.54) is 18.9 Å². The van der Waals surface area contributed by atoms with E-state index in [2.05, 4.69) is 0 Å².